The number of carbonyl (C=O) groups excluding carboxylic acids is 2. The van der Waals surface area contributed by atoms with Gasteiger partial charge in [0.2, 0.25) is 5.91 Å². The van der Waals surface area contributed by atoms with Crippen molar-refractivity contribution in [3.05, 3.63) is 58.4 Å². The number of amides is 2. The summed E-state index contributed by atoms with van der Waals surface area (Å²) in [7, 11) is 3.57. The molecule has 196 valence electrons. The molecule has 2 aromatic rings. The van der Waals surface area contributed by atoms with E-state index in [-0.39, 0.29) is 48.5 Å². The van der Waals surface area contributed by atoms with Crippen molar-refractivity contribution in [3.8, 4) is 0 Å². The molecule has 36 heavy (non-hydrogen) atoms. The molecule has 1 aromatic heterocycles. The van der Waals surface area contributed by atoms with E-state index in [0.717, 1.165) is 0 Å². The van der Waals surface area contributed by atoms with E-state index in [1.165, 1.54) is 18.5 Å². The lowest BCUT2D eigenvalue weighted by Gasteiger charge is -2.30. The van der Waals surface area contributed by atoms with Crippen molar-refractivity contribution in [2.75, 3.05) is 20.6 Å². The van der Waals surface area contributed by atoms with Crippen LogP contribution in [0.25, 0.3) is 0 Å². The van der Waals surface area contributed by atoms with Crippen LogP contribution in [-0.4, -0.2) is 59.5 Å². The second-order valence-corrected chi connectivity index (χ2v) is 9.68. The molecule has 3 rings (SSSR count). The number of benzene rings is 1. The van der Waals surface area contributed by atoms with E-state index in [9.17, 15) is 27.2 Å². The lowest BCUT2D eigenvalue weighted by atomic mass is 9.81. The molecule has 1 saturated carbocycles. The van der Waals surface area contributed by atoms with E-state index in [1.54, 1.807) is 34.0 Å². The van der Waals surface area contributed by atoms with E-state index in [2.05, 4.69) is 15.3 Å². The fourth-order valence-electron chi connectivity index (χ4n) is 4.50. The minimum atomic E-state index is -4.45. The Labute approximate surface area is 207 Å². The highest BCUT2D eigenvalue weighted by Crippen LogP contribution is 2.66. The summed E-state index contributed by atoms with van der Waals surface area (Å²) in [6.45, 7) is 3.32. The van der Waals surface area contributed by atoms with Crippen LogP contribution in [0.1, 0.15) is 58.1 Å². The molecule has 1 aromatic carbocycles. The molecule has 11 heteroatoms. The minimum absolute atomic E-state index is 0.0468. The van der Waals surface area contributed by atoms with Crippen molar-refractivity contribution in [1.29, 1.82) is 0 Å². The number of hydrogen-bond donors (Lipinski definition) is 2. The highest BCUT2D eigenvalue weighted by atomic mass is 19.4. The predicted molar refractivity (Wildman–Crippen MR) is 126 cm³/mol. The van der Waals surface area contributed by atoms with E-state index >= 15 is 0 Å². The molecule has 2 amide bonds. The smallest absolute Gasteiger partial charge is 0.366 e. The van der Waals surface area contributed by atoms with Gasteiger partial charge < -0.3 is 16.0 Å². The van der Waals surface area contributed by atoms with Crippen LogP contribution in [0.5, 0.6) is 0 Å². The quantitative estimate of drug-likeness (QED) is 0.478. The molecule has 0 aliphatic heterocycles. The van der Waals surface area contributed by atoms with Gasteiger partial charge in [-0.3, -0.25) is 9.59 Å². The molecule has 1 fully saturated rings. The van der Waals surface area contributed by atoms with Gasteiger partial charge in [-0.25, -0.2) is 14.4 Å². The predicted octanol–water partition coefficient (Wildman–Crippen LogP) is 3.44. The Kier molecular flexibility index (Phi) is 8.02. The van der Waals surface area contributed by atoms with Gasteiger partial charge in [-0.15, -0.1) is 0 Å². The van der Waals surface area contributed by atoms with Crippen molar-refractivity contribution >= 4 is 11.8 Å². The fraction of sp³-hybridized carbons (Fsp3) is 0.520. The van der Waals surface area contributed by atoms with Gasteiger partial charge in [0.05, 0.1) is 11.0 Å². The Morgan fingerprint density at radius 2 is 1.78 bits per heavy atom. The molecule has 0 radical (unpaired) electrons. The van der Waals surface area contributed by atoms with Gasteiger partial charge in [-0.2, -0.15) is 13.2 Å². The van der Waals surface area contributed by atoms with Crippen molar-refractivity contribution < 1.29 is 27.2 Å². The number of aryl methyl sites for hydroxylation is 1. The summed E-state index contributed by atoms with van der Waals surface area (Å²) in [5.41, 5.74) is 4.25. The molecule has 2 atom stereocenters. The largest absolute Gasteiger partial charge is 0.395 e. The van der Waals surface area contributed by atoms with Crippen LogP contribution in [0.4, 0.5) is 17.6 Å². The third-order valence-electron chi connectivity index (χ3n) is 7.10. The summed E-state index contributed by atoms with van der Waals surface area (Å²) < 4.78 is 56.3. The first-order valence-electron chi connectivity index (χ1n) is 11.6. The van der Waals surface area contributed by atoms with Gasteiger partial charge in [-0.05, 0) is 70.0 Å². The number of aromatic nitrogens is 2. The van der Waals surface area contributed by atoms with E-state index in [4.69, 9.17) is 5.73 Å². The maximum atomic E-state index is 14.5. The highest BCUT2D eigenvalue weighted by molar-refractivity contribution is 5.93. The first kappa shape index (κ1) is 27.5. The molecule has 0 saturated heterocycles. The van der Waals surface area contributed by atoms with Crippen molar-refractivity contribution in [1.82, 2.24) is 20.2 Å². The Hall–Kier alpha value is -3.08. The normalized spacial score (nSPS) is 16.5. The van der Waals surface area contributed by atoms with E-state index in [1.807, 2.05) is 4.90 Å². The third kappa shape index (κ3) is 5.83. The van der Waals surface area contributed by atoms with Gasteiger partial charge in [-0.1, -0.05) is 6.07 Å². The van der Waals surface area contributed by atoms with Gasteiger partial charge in [0, 0.05) is 37.3 Å². The van der Waals surface area contributed by atoms with E-state index in [0.29, 0.717) is 17.8 Å². The Bertz CT molecular complexity index is 1110. The van der Waals surface area contributed by atoms with Crippen LogP contribution in [0.15, 0.2) is 24.5 Å². The first-order valence-corrected chi connectivity index (χ1v) is 11.6. The number of carbonyl (C=O) groups is 2. The summed E-state index contributed by atoms with van der Waals surface area (Å²) in [5, 5.41) is 2.75. The standard InChI is InChI=1S/C25H31F4N5O2/c1-14-16(5-6-19(22(14)26)23(30)36)9-18(34(3)4)13-33-21(35)10-20(17-11-31-15(2)32-12-17)24(7-8-24)25(27,28)29/h5-6,11-12,18,20H,7-10,13H2,1-4H3,(H2,30,36)(H,33,35)/t18-,20-/m0/s1. The summed E-state index contributed by atoms with van der Waals surface area (Å²) in [5.74, 6) is -2.72. The molecule has 3 N–H and O–H groups in total. The maximum Gasteiger partial charge on any atom is 0.395 e. The van der Waals surface area contributed by atoms with Crippen molar-refractivity contribution in [2.45, 2.75) is 57.7 Å². The second kappa shape index (κ2) is 10.5. The zero-order valence-electron chi connectivity index (χ0n) is 20.7. The number of rotatable bonds is 10. The van der Waals surface area contributed by atoms with Crippen LogP contribution >= 0.6 is 0 Å². The van der Waals surface area contributed by atoms with Crippen molar-refractivity contribution in [2.24, 2.45) is 11.1 Å². The zero-order chi connectivity index (χ0) is 26.8. The number of primary amides is 1. The molecule has 0 unspecified atom stereocenters. The van der Waals surface area contributed by atoms with Gasteiger partial charge in [0.15, 0.2) is 0 Å². The van der Waals surface area contributed by atoms with Crippen LogP contribution < -0.4 is 11.1 Å². The van der Waals surface area contributed by atoms with Gasteiger partial charge in [0.25, 0.3) is 5.91 Å². The summed E-state index contributed by atoms with van der Waals surface area (Å²) in [6.07, 6.45) is -1.83. The van der Waals surface area contributed by atoms with E-state index < -0.39 is 35.1 Å². The molecule has 7 nitrogen and oxygen atoms in total. The zero-order valence-corrected chi connectivity index (χ0v) is 20.7. The number of likely N-dealkylation sites (N-methyl/N-ethyl adjacent to an activating group) is 1. The topological polar surface area (TPSA) is 101 Å². The van der Waals surface area contributed by atoms with Crippen LogP contribution in [0, 0.1) is 25.1 Å². The second-order valence-electron chi connectivity index (χ2n) is 9.68. The summed E-state index contributed by atoms with van der Waals surface area (Å²) >= 11 is 0. The fourth-order valence-corrected chi connectivity index (χ4v) is 4.50. The number of nitrogens with one attached hydrogen (secondary N) is 1. The number of hydrogen-bond acceptors (Lipinski definition) is 5. The molecule has 0 spiro atoms. The van der Waals surface area contributed by atoms with Crippen molar-refractivity contribution in [3.63, 3.8) is 0 Å². The summed E-state index contributed by atoms with van der Waals surface area (Å²) in [4.78, 5) is 34.1. The van der Waals surface area contributed by atoms with Gasteiger partial charge in [0.1, 0.15) is 11.6 Å². The lowest BCUT2D eigenvalue weighted by Crippen LogP contribution is -2.43. The highest BCUT2D eigenvalue weighted by Gasteiger charge is 2.67. The minimum Gasteiger partial charge on any atom is -0.366 e. The average Bonchev–Trinajstić information content (AvgIpc) is 3.60. The Balaban J connectivity index is 1.73. The molecular formula is C25H31F4N5O2. The van der Waals surface area contributed by atoms with Gasteiger partial charge >= 0.3 is 6.18 Å². The van der Waals surface area contributed by atoms with Crippen LogP contribution in [0.3, 0.4) is 0 Å². The molecule has 1 heterocycles. The Morgan fingerprint density at radius 1 is 1.17 bits per heavy atom. The Morgan fingerprint density at radius 3 is 2.28 bits per heavy atom. The van der Waals surface area contributed by atoms with Crippen LogP contribution in [-0.2, 0) is 11.2 Å². The SMILES string of the molecule is Cc1ncc([C@H](CC(=O)NC[C@H](Cc2ccc(C(N)=O)c(F)c2C)N(C)C)C2(C(F)(F)F)CC2)cn1. The molecular weight excluding hydrogens is 478 g/mol. The molecule has 0 bridgehead atoms. The number of nitrogens with two attached hydrogens (primary N) is 1. The van der Waals surface area contributed by atoms with Crippen LogP contribution in [0.2, 0.25) is 0 Å². The summed E-state index contributed by atoms with van der Waals surface area (Å²) in [6, 6.07) is 2.67. The third-order valence-corrected chi connectivity index (χ3v) is 7.10. The average molecular weight is 510 g/mol. The number of nitrogens with zero attached hydrogens (tertiary/aromatic N) is 3. The first-order chi connectivity index (χ1) is 16.8. The molecule has 1 aliphatic rings. The number of halogens is 4. The lowest BCUT2D eigenvalue weighted by molar-refractivity contribution is -0.194. The monoisotopic (exact) mass is 509 g/mol. The maximum absolute atomic E-state index is 14.5. The number of alkyl halides is 3. The molecule has 1 aliphatic carbocycles.